The maximum atomic E-state index is 11.5. The molecule has 14 heavy (non-hydrogen) atoms. The Bertz CT molecular complexity index is 188. The average molecular weight is 216 g/mol. The zero-order valence-electron chi connectivity index (χ0n) is 6.90. The number of nitrogens with one attached hydrogen (secondary N) is 2. The normalized spacial score (nSPS) is 10.4. The van der Waals surface area contributed by atoms with Crippen molar-refractivity contribution in [3.8, 4) is 0 Å². The summed E-state index contributed by atoms with van der Waals surface area (Å²) in [5, 5.41) is 3.46. The number of carbonyl (C=O) groups is 2. The van der Waals surface area contributed by atoms with Gasteiger partial charge in [0.25, 0.3) is 11.8 Å². The standard InChI is InChI=1S/C6H8F4N2O2/c7-3(8)5(13)11-1-2-12-6(14)4(9)10/h3-4H,1-2H2,(H,11,13)(H,12,14). The van der Waals surface area contributed by atoms with E-state index in [4.69, 9.17) is 0 Å². The van der Waals surface area contributed by atoms with Crippen LogP contribution in [0.2, 0.25) is 0 Å². The summed E-state index contributed by atoms with van der Waals surface area (Å²) < 4.78 is 46.1. The van der Waals surface area contributed by atoms with E-state index in [0.717, 1.165) is 0 Å². The topological polar surface area (TPSA) is 58.2 Å². The zero-order chi connectivity index (χ0) is 11.1. The highest BCUT2D eigenvalue weighted by atomic mass is 19.3. The van der Waals surface area contributed by atoms with Crippen LogP contribution in [0.3, 0.4) is 0 Å². The van der Waals surface area contributed by atoms with Gasteiger partial charge in [-0.2, -0.15) is 17.6 Å². The van der Waals surface area contributed by atoms with Crippen LogP contribution in [0.4, 0.5) is 17.6 Å². The molecule has 4 nitrogen and oxygen atoms in total. The van der Waals surface area contributed by atoms with Crippen molar-refractivity contribution in [3.05, 3.63) is 0 Å². The maximum absolute atomic E-state index is 11.5. The lowest BCUT2D eigenvalue weighted by Gasteiger charge is -2.05. The lowest BCUT2D eigenvalue weighted by atomic mass is 10.5. The van der Waals surface area contributed by atoms with Gasteiger partial charge in [0.15, 0.2) is 0 Å². The molecule has 8 heteroatoms. The van der Waals surface area contributed by atoms with Crippen LogP contribution in [0.1, 0.15) is 0 Å². The summed E-state index contributed by atoms with van der Waals surface area (Å²) in [5.74, 6) is -3.01. The molecule has 0 radical (unpaired) electrons. The molecule has 0 rings (SSSR count). The first-order valence-electron chi connectivity index (χ1n) is 3.57. The first-order valence-corrected chi connectivity index (χ1v) is 3.57. The van der Waals surface area contributed by atoms with E-state index in [2.05, 4.69) is 0 Å². The highest BCUT2D eigenvalue weighted by Gasteiger charge is 2.15. The summed E-state index contributed by atoms with van der Waals surface area (Å²) in [5.41, 5.74) is 0. The predicted octanol–water partition coefficient (Wildman–Crippen LogP) is -0.251. The van der Waals surface area contributed by atoms with Crippen molar-refractivity contribution in [2.75, 3.05) is 13.1 Å². The second kappa shape index (κ2) is 6.17. The van der Waals surface area contributed by atoms with Crippen LogP contribution in [0, 0.1) is 0 Å². The highest BCUT2D eigenvalue weighted by molar-refractivity contribution is 5.80. The van der Waals surface area contributed by atoms with Crippen molar-refractivity contribution in [2.45, 2.75) is 12.9 Å². The SMILES string of the molecule is O=C(NCCNC(=O)C(F)F)C(F)F. The third-order valence-electron chi connectivity index (χ3n) is 1.12. The van der Waals surface area contributed by atoms with Crippen LogP contribution in [0.25, 0.3) is 0 Å². The second-order valence-electron chi connectivity index (χ2n) is 2.18. The molecule has 0 bridgehead atoms. The minimum atomic E-state index is -3.15. The molecule has 0 aromatic rings. The van der Waals surface area contributed by atoms with Gasteiger partial charge in [0.1, 0.15) is 0 Å². The smallest absolute Gasteiger partial charge is 0.315 e. The van der Waals surface area contributed by atoms with E-state index in [1.54, 1.807) is 10.6 Å². The number of hydrogen-bond donors (Lipinski definition) is 2. The molecule has 0 saturated carbocycles. The van der Waals surface area contributed by atoms with Crippen LogP contribution in [-0.4, -0.2) is 37.8 Å². The van der Waals surface area contributed by atoms with Crippen molar-refractivity contribution in [3.63, 3.8) is 0 Å². The summed E-state index contributed by atoms with van der Waals surface area (Å²) in [4.78, 5) is 20.4. The summed E-state index contributed by atoms with van der Waals surface area (Å²) in [7, 11) is 0. The van der Waals surface area contributed by atoms with Crippen molar-refractivity contribution < 1.29 is 27.2 Å². The van der Waals surface area contributed by atoms with Gasteiger partial charge in [-0.15, -0.1) is 0 Å². The monoisotopic (exact) mass is 216 g/mol. The van der Waals surface area contributed by atoms with Gasteiger partial charge >= 0.3 is 12.9 Å². The molecular formula is C6H8F4N2O2. The highest BCUT2D eigenvalue weighted by Crippen LogP contribution is 1.91. The van der Waals surface area contributed by atoms with E-state index in [0.29, 0.717) is 0 Å². The zero-order valence-corrected chi connectivity index (χ0v) is 6.90. The van der Waals surface area contributed by atoms with E-state index in [1.807, 2.05) is 0 Å². The molecule has 0 aliphatic rings. The minimum absolute atomic E-state index is 0.318. The molecule has 0 aromatic heterocycles. The third-order valence-corrected chi connectivity index (χ3v) is 1.12. The first-order chi connectivity index (χ1) is 6.45. The fraction of sp³-hybridized carbons (Fsp3) is 0.667. The van der Waals surface area contributed by atoms with Crippen LogP contribution in [0.5, 0.6) is 0 Å². The van der Waals surface area contributed by atoms with E-state index < -0.39 is 24.7 Å². The van der Waals surface area contributed by atoms with Gasteiger partial charge in [-0.25, -0.2) is 0 Å². The molecule has 2 amide bonds. The molecule has 0 unspecified atom stereocenters. The molecule has 0 atom stereocenters. The number of halogens is 4. The molecule has 0 fully saturated rings. The van der Waals surface area contributed by atoms with Crippen LogP contribution >= 0.6 is 0 Å². The molecule has 2 N–H and O–H groups in total. The summed E-state index contributed by atoms with van der Waals surface area (Å²) in [6.45, 7) is -0.636. The van der Waals surface area contributed by atoms with Gasteiger partial charge in [-0.1, -0.05) is 0 Å². The summed E-state index contributed by atoms with van der Waals surface area (Å²) in [6.07, 6.45) is -6.30. The Hall–Kier alpha value is -1.34. The largest absolute Gasteiger partial charge is 0.349 e. The van der Waals surface area contributed by atoms with Crippen LogP contribution in [-0.2, 0) is 9.59 Å². The lowest BCUT2D eigenvalue weighted by molar-refractivity contribution is -0.133. The molecule has 0 aromatic carbocycles. The van der Waals surface area contributed by atoms with Gasteiger partial charge in [0.05, 0.1) is 0 Å². The third kappa shape index (κ3) is 5.33. The fourth-order valence-electron chi connectivity index (χ4n) is 0.526. The van der Waals surface area contributed by atoms with E-state index in [-0.39, 0.29) is 13.1 Å². The van der Waals surface area contributed by atoms with Gasteiger partial charge < -0.3 is 10.6 Å². The quantitative estimate of drug-likeness (QED) is 0.491. The Balaban J connectivity index is 3.48. The maximum Gasteiger partial charge on any atom is 0.315 e. The van der Waals surface area contributed by atoms with Gasteiger partial charge in [0, 0.05) is 13.1 Å². The van der Waals surface area contributed by atoms with Gasteiger partial charge in [0.2, 0.25) is 0 Å². The molecule has 82 valence electrons. The van der Waals surface area contributed by atoms with Crippen LogP contribution in [0.15, 0.2) is 0 Å². The Morgan fingerprint density at radius 1 is 0.857 bits per heavy atom. The van der Waals surface area contributed by atoms with E-state index in [1.165, 1.54) is 0 Å². The number of carbonyl (C=O) groups excluding carboxylic acids is 2. The summed E-state index contributed by atoms with van der Waals surface area (Å²) >= 11 is 0. The minimum Gasteiger partial charge on any atom is -0.349 e. The van der Waals surface area contributed by atoms with Crippen molar-refractivity contribution >= 4 is 11.8 Å². The molecule has 0 saturated heterocycles. The first kappa shape index (κ1) is 12.7. The number of rotatable bonds is 5. The Kier molecular flexibility index (Phi) is 5.58. The molecule has 0 aliphatic heterocycles. The predicted molar refractivity (Wildman–Crippen MR) is 38.0 cm³/mol. The van der Waals surface area contributed by atoms with E-state index in [9.17, 15) is 27.2 Å². The van der Waals surface area contributed by atoms with Gasteiger partial charge in [-0.3, -0.25) is 9.59 Å². The number of hydrogen-bond acceptors (Lipinski definition) is 2. The van der Waals surface area contributed by atoms with Crippen molar-refractivity contribution in [1.29, 1.82) is 0 Å². The van der Waals surface area contributed by atoms with Crippen molar-refractivity contribution in [1.82, 2.24) is 10.6 Å². The fourth-order valence-corrected chi connectivity index (χ4v) is 0.526. The van der Waals surface area contributed by atoms with Crippen molar-refractivity contribution in [2.24, 2.45) is 0 Å². The Labute approximate surface area is 76.6 Å². The van der Waals surface area contributed by atoms with Crippen LogP contribution < -0.4 is 10.6 Å². The molecular weight excluding hydrogens is 208 g/mol. The molecule has 0 heterocycles. The molecule has 0 aliphatic carbocycles. The average Bonchev–Trinajstić information content (AvgIpc) is 2.11. The lowest BCUT2D eigenvalue weighted by Crippen LogP contribution is -2.39. The Morgan fingerprint density at radius 2 is 1.14 bits per heavy atom. The molecule has 0 spiro atoms. The number of amides is 2. The van der Waals surface area contributed by atoms with Gasteiger partial charge in [-0.05, 0) is 0 Å². The van der Waals surface area contributed by atoms with E-state index >= 15 is 0 Å². The Morgan fingerprint density at radius 3 is 1.36 bits per heavy atom. The second-order valence-corrected chi connectivity index (χ2v) is 2.18. The summed E-state index contributed by atoms with van der Waals surface area (Å²) in [6, 6.07) is 0. The number of alkyl halides is 4.